The molecule has 0 unspecified atom stereocenters. The largest absolute Gasteiger partial charge is 0.490 e. The van der Waals surface area contributed by atoms with E-state index in [1.807, 2.05) is 24.3 Å². The Morgan fingerprint density at radius 3 is 2.46 bits per heavy atom. The van der Waals surface area contributed by atoms with Gasteiger partial charge in [0.2, 0.25) is 0 Å². The van der Waals surface area contributed by atoms with Gasteiger partial charge < -0.3 is 10.1 Å². The number of rotatable bonds is 6. The Morgan fingerprint density at radius 1 is 1.08 bits per heavy atom. The van der Waals surface area contributed by atoms with Crippen LogP contribution in [0.2, 0.25) is 0 Å². The van der Waals surface area contributed by atoms with Crippen molar-refractivity contribution in [3.05, 3.63) is 69.8 Å². The number of para-hydroxylation sites is 1. The van der Waals surface area contributed by atoms with Crippen LogP contribution in [0.4, 0.5) is 5.69 Å². The zero-order chi connectivity index (χ0) is 18.4. The third-order valence-electron chi connectivity index (χ3n) is 4.58. The molecule has 0 radical (unpaired) electrons. The molecule has 0 spiro atoms. The van der Waals surface area contributed by atoms with Gasteiger partial charge in [0, 0.05) is 12.6 Å². The van der Waals surface area contributed by atoms with Crippen molar-refractivity contribution in [2.24, 2.45) is 0 Å². The third-order valence-corrected chi connectivity index (χ3v) is 4.58. The Labute approximate surface area is 152 Å². The predicted molar refractivity (Wildman–Crippen MR) is 98.2 cm³/mol. The lowest BCUT2D eigenvalue weighted by atomic mass is 9.98. The maximum Gasteiger partial charge on any atom is 0.282 e. The summed E-state index contributed by atoms with van der Waals surface area (Å²) < 4.78 is 5.98. The van der Waals surface area contributed by atoms with E-state index in [1.165, 1.54) is 31.4 Å². The Kier molecular flexibility index (Phi) is 5.84. The average Bonchev–Trinajstić information content (AvgIpc) is 2.68. The van der Waals surface area contributed by atoms with Crippen molar-refractivity contribution in [3.63, 3.8) is 0 Å². The second-order valence-corrected chi connectivity index (χ2v) is 6.48. The van der Waals surface area contributed by atoms with Gasteiger partial charge in [-0.15, -0.1) is 0 Å². The highest BCUT2D eigenvalue weighted by atomic mass is 16.6. The molecule has 0 saturated heterocycles. The van der Waals surface area contributed by atoms with Crippen molar-refractivity contribution in [2.45, 2.75) is 44.8 Å². The highest BCUT2D eigenvalue weighted by Gasteiger charge is 2.19. The van der Waals surface area contributed by atoms with Gasteiger partial charge in [-0.2, -0.15) is 0 Å². The predicted octanol–water partition coefficient (Wildman–Crippen LogP) is 4.24. The van der Waals surface area contributed by atoms with E-state index in [9.17, 15) is 14.9 Å². The minimum absolute atomic E-state index is 0.0646. The molecule has 2 aromatic rings. The smallest absolute Gasteiger partial charge is 0.282 e. The zero-order valence-corrected chi connectivity index (χ0v) is 14.5. The number of nitro groups is 1. The molecule has 6 heteroatoms. The van der Waals surface area contributed by atoms with Gasteiger partial charge in [-0.3, -0.25) is 14.9 Å². The first-order valence-corrected chi connectivity index (χ1v) is 8.91. The summed E-state index contributed by atoms with van der Waals surface area (Å²) in [7, 11) is 0. The molecular weight excluding hydrogens is 332 g/mol. The van der Waals surface area contributed by atoms with Crippen molar-refractivity contribution in [1.82, 2.24) is 5.32 Å². The van der Waals surface area contributed by atoms with Gasteiger partial charge in [0.25, 0.3) is 11.6 Å². The van der Waals surface area contributed by atoms with E-state index < -0.39 is 10.8 Å². The lowest BCUT2D eigenvalue weighted by Gasteiger charge is -2.23. The zero-order valence-electron chi connectivity index (χ0n) is 14.5. The van der Waals surface area contributed by atoms with Crippen LogP contribution >= 0.6 is 0 Å². The van der Waals surface area contributed by atoms with Crippen molar-refractivity contribution in [1.29, 1.82) is 0 Å². The minimum atomic E-state index is -0.549. The van der Waals surface area contributed by atoms with Gasteiger partial charge in [0.1, 0.15) is 11.3 Å². The molecule has 1 aliphatic rings. The monoisotopic (exact) mass is 354 g/mol. The number of nitrogens with zero attached hydrogens (tertiary/aromatic N) is 1. The van der Waals surface area contributed by atoms with Gasteiger partial charge in [-0.25, -0.2) is 0 Å². The summed E-state index contributed by atoms with van der Waals surface area (Å²) >= 11 is 0. The number of carbonyl (C=O) groups excluding carboxylic acids is 1. The summed E-state index contributed by atoms with van der Waals surface area (Å²) in [5.74, 6) is 0.380. The Bertz CT molecular complexity index is 768. The van der Waals surface area contributed by atoms with E-state index in [-0.39, 0.29) is 11.3 Å². The van der Waals surface area contributed by atoms with E-state index in [2.05, 4.69) is 5.32 Å². The van der Waals surface area contributed by atoms with Crippen LogP contribution in [0.25, 0.3) is 0 Å². The first kappa shape index (κ1) is 17.9. The normalized spacial score (nSPS) is 14.6. The fourth-order valence-corrected chi connectivity index (χ4v) is 3.16. The molecule has 0 heterocycles. The molecule has 1 N–H and O–H groups in total. The molecule has 1 saturated carbocycles. The van der Waals surface area contributed by atoms with Crippen LogP contribution in [0.1, 0.15) is 48.0 Å². The molecule has 1 fully saturated rings. The summed E-state index contributed by atoms with van der Waals surface area (Å²) in [6.45, 7) is 0.300. The molecule has 1 amide bonds. The van der Waals surface area contributed by atoms with Crippen molar-refractivity contribution >= 4 is 11.6 Å². The first-order chi connectivity index (χ1) is 12.6. The number of amides is 1. The molecule has 2 aromatic carbocycles. The van der Waals surface area contributed by atoms with Gasteiger partial charge in [0.05, 0.1) is 11.0 Å². The molecule has 1 aliphatic carbocycles. The van der Waals surface area contributed by atoms with Crippen LogP contribution in [0.15, 0.2) is 48.5 Å². The van der Waals surface area contributed by atoms with Crippen LogP contribution in [0, 0.1) is 10.1 Å². The molecule has 0 aliphatic heterocycles. The van der Waals surface area contributed by atoms with Gasteiger partial charge in [0.15, 0.2) is 0 Å². The molecule has 0 aromatic heterocycles. The summed E-state index contributed by atoms with van der Waals surface area (Å²) in [6, 6.07) is 13.5. The first-order valence-electron chi connectivity index (χ1n) is 8.91. The quantitative estimate of drug-likeness (QED) is 0.621. The van der Waals surface area contributed by atoms with Crippen molar-refractivity contribution in [3.8, 4) is 5.75 Å². The number of hydrogen-bond donors (Lipinski definition) is 1. The number of carbonyl (C=O) groups is 1. The van der Waals surface area contributed by atoms with E-state index in [4.69, 9.17) is 4.74 Å². The Hall–Kier alpha value is -2.89. The van der Waals surface area contributed by atoms with E-state index in [0.717, 1.165) is 24.2 Å². The lowest BCUT2D eigenvalue weighted by Crippen LogP contribution is -2.23. The number of nitro benzene ring substituents is 1. The maximum atomic E-state index is 12.2. The van der Waals surface area contributed by atoms with E-state index >= 15 is 0 Å². The highest BCUT2D eigenvalue weighted by molar-refractivity contribution is 5.98. The van der Waals surface area contributed by atoms with Crippen LogP contribution in [-0.2, 0) is 6.54 Å². The summed E-state index contributed by atoms with van der Waals surface area (Å²) in [5.41, 5.74) is 0.781. The van der Waals surface area contributed by atoms with Crippen LogP contribution in [0.3, 0.4) is 0 Å². The lowest BCUT2D eigenvalue weighted by molar-refractivity contribution is -0.385. The SMILES string of the molecule is O=C(NCc1ccc(OC2CCCCC2)cc1)c1ccccc1[N+](=O)[O-]. The second kappa shape index (κ2) is 8.47. The number of nitrogens with one attached hydrogen (secondary N) is 1. The average molecular weight is 354 g/mol. The summed E-state index contributed by atoms with van der Waals surface area (Å²) in [4.78, 5) is 22.7. The fourth-order valence-electron chi connectivity index (χ4n) is 3.16. The number of ether oxygens (including phenoxy) is 1. The Morgan fingerprint density at radius 2 is 1.77 bits per heavy atom. The Balaban J connectivity index is 1.56. The van der Waals surface area contributed by atoms with Gasteiger partial charge in [-0.1, -0.05) is 30.7 Å². The van der Waals surface area contributed by atoms with Crippen LogP contribution in [0.5, 0.6) is 5.75 Å². The van der Waals surface area contributed by atoms with E-state index in [1.54, 1.807) is 12.1 Å². The van der Waals surface area contributed by atoms with Gasteiger partial charge >= 0.3 is 0 Å². The molecule has 0 bridgehead atoms. The molecule has 3 rings (SSSR count). The van der Waals surface area contributed by atoms with Gasteiger partial charge in [-0.05, 0) is 49.4 Å². The minimum Gasteiger partial charge on any atom is -0.490 e. The third kappa shape index (κ3) is 4.59. The molecular formula is C20H22N2O4. The standard InChI is InChI=1S/C20H22N2O4/c23-20(18-8-4-5-9-19(18)22(24)25)21-14-15-10-12-17(13-11-15)26-16-6-2-1-3-7-16/h4-5,8-13,16H,1-3,6-7,14H2,(H,21,23). The highest BCUT2D eigenvalue weighted by Crippen LogP contribution is 2.23. The molecule has 136 valence electrons. The molecule has 26 heavy (non-hydrogen) atoms. The topological polar surface area (TPSA) is 81.5 Å². The molecule has 0 atom stereocenters. The maximum absolute atomic E-state index is 12.2. The van der Waals surface area contributed by atoms with Crippen LogP contribution in [-0.4, -0.2) is 16.9 Å². The molecule has 6 nitrogen and oxygen atoms in total. The van der Waals surface area contributed by atoms with Crippen molar-refractivity contribution < 1.29 is 14.5 Å². The summed E-state index contributed by atoms with van der Waals surface area (Å²) in [6.07, 6.45) is 6.24. The van der Waals surface area contributed by atoms with Crippen LogP contribution < -0.4 is 10.1 Å². The number of benzene rings is 2. The van der Waals surface area contributed by atoms with E-state index in [0.29, 0.717) is 12.6 Å². The summed E-state index contributed by atoms with van der Waals surface area (Å²) in [5, 5.41) is 13.7. The second-order valence-electron chi connectivity index (χ2n) is 6.48. The fraction of sp³-hybridized carbons (Fsp3) is 0.350. The van der Waals surface area contributed by atoms with Crippen molar-refractivity contribution in [2.75, 3.05) is 0 Å². The number of hydrogen-bond acceptors (Lipinski definition) is 4.